The molecule has 104 valence electrons. The van der Waals surface area contributed by atoms with Gasteiger partial charge in [-0.2, -0.15) is 0 Å². The first kappa shape index (κ1) is 13.8. The fourth-order valence-electron chi connectivity index (χ4n) is 1.91. The highest BCUT2D eigenvalue weighted by Gasteiger charge is 2.11. The zero-order valence-corrected chi connectivity index (χ0v) is 11.0. The van der Waals surface area contributed by atoms with Crippen LogP contribution in [0.25, 0.3) is 0 Å². The van der Waals surface area contributed by atoms with Crippen molar-refractivity contribution in [3.8, 4) is 0 Å². The molecule has 1 amide bonds. The summed E-state index contributed by atoms with van der Waals surface area (Å²) >= 11 is 0. The van der Waals surface area contributed by atoms with Crippen molar-refractivity contribution in [1.82, 2.24) is 14.9 Å². The second kappa shape index (κ2) is 6.01. The van der Waals surface area contributed by atoms with Gasteiger partial charge in [-0.25, -0.2) is 4.98 Å². The van der Waals surface area contributed by atoms with Crippen LogP contribution in [0.1, 0.15) is 21.6 Å². The van der Waals surface area contributed by atoms with Crippen molar-refractivity contribution < 1.29 is 14.7 Å². The fourth-order valence-corrected chi connectivity index (χ4v) is 1.91. The van der Waals surface area contributed by atoms with Gasteiger partial charge in [-0.1, -0.05) is 24.3 Å². The van der Waals surface area contributed by atoms with Crippen LogP contribution >= 0.6 is 0 Å². The number of aliphatic carboxylic acids is 1. The molecule has 2 rings (SSSR count). The van der Waals surface area contributed by atoms with Gasteiger partial charge in [0, 0.05) is 13.6 Å². The maximum atomic E-state index is 11.9. The van der Waals surface area contributed by atoms with Crippen LogP contribution in [0.5, 0.6) is 0 Å². The second-order valence-corrected chi connectivity index (χ2v) is 4.41. The lowest BCUT2D eigenvalue weighted by atomic mass is 10.0. The Kier molecular flexibility index (Phi) is 4.14. The average Bonchev–Trinajstić information content (AvgIpc) is 2.83. The predicted octanol–water partition coefficient (Wildman–Crippen LogP) is 0.977. The quantitative estimate of drug-likeness (QED) is 0.850. The molecule has 0 fully saturated rings. The summed E-state index contributed by atoms with van der Waals surface area (Å²) < 4.78 is 1.62. The molecule has 0 aliphatic carbocycles. The van der Waals surface area contributed by atoms with Gasteiger partial charge in [0.25, 0.3) is 5.91 Å². The number of aryl methyl sites for hydroxylation is 1. The Bertz CT molecular complexity index is 634. The van der Waals surface area contributed by atoms with E-state index in [2.05, 4.69) is 10.3 Å². The monoisotopic (exact) mass is 273 g/mol. The van der Waals surface area contributed by atoms with Crippen LogP contribution in [-0.4, -0.2) is 26.5 Å². The summed E-state index contributed by atoms with van der Waals surface area (Å²) in [5.41, 5.74) is 1.96. The number of benzene rings is 1. The number of imidazole rings is 1. The Hall–Kier alpha value is -2.63. The number of nitrogens with zero attached hydrogens (tertiary/aromatic N) is 2. The number of aromatic nitrogens is 2. The van der Waals surface area contributed by atoms with Crippen molar-refractivity contribution in [1.29, 1.82) is 0 Å². The number of amides is 1. The third kappa shape index (κ3) is 3.23. The normalized spacial score (nSPS) is 10.2. The molecule has 0 saturated carbocycles. The minimum atomic E-state index is -0.893. The summed E-state index contributed by atoms with van der Waals surface area (Å²) in [6.07, 6.45) is 2.98. The highest BCUT2D eigenvalue weighted by molar-refractivity contribution is 5.92. The minimum Gasteiger partial charge on any atom is -0.481 e. The van der Waals surface area contributed by atoms with Crippen LogP contribution < -0.4 is 5.32 Å². The van der Waals surface area contributed by atoms with E-state index >= 15 is 0 Å². The molecule has 1 aromatic carbocycles. The van der Waals surface area contributed by atoms with Crippen molar-refractivity contribution in [2.45, 2.75) is 13.0 Å². The van der Waals surface area contributed by atoms with Crippen LogP contribution in [0.2, 0.25) is 0 Å². The van der Waals surface area contributed by atoms with E-state index in [9.17, 15) is 9.59 Å². The van der Waals surface area contributed by atoms with Crippen LogP contribution in [-0.2, 0) is 24.8 Å². The molecule has 6 heteroatoms. The van der Waals surface area contributed by atoms with Gasteiger partial charge in [0.1, 0.15) is 5.69 Å². The van der Waals surface area contributed by atoms with E-state index in [1.807, 2.05) is 12.1 Å². The molecule has 0 radical (unpaired) electrons. The van der Waals surface area contributed by atoms with Crippen molar-refractivity contribution in [3.63, 3.8) is 0 Å². The molecule has 20 heavy (non-hydrogen) atoms. The SMILES string of the molecule is Cn1cncc1C(=O)NCc1ccccc1CC(=O)O. The molecule has 0 bridgehead atoms. The van der Waals surface area contributed by atoms with Crippen LogP contribution in [0.3, 0.4) is 0 Å². The van der Waals surface area contributed by atoms with E-state index in [1.54, 1.807) is 30.1 Å². The maximum Gasteiger partial charge on any atom is 0.307 e. The predicted molar refractivity (Wildman–Crippen MR) is 72.2 cm³/mol. The van der Waals surface area contributed by atoms with E-state index in [-0.39, 0.29) is 18.9 Å². The molecule has 2 N–H and O–H groups in total. The minimum absolute atomic E-state index is 0.0578. The largest absolute Gasteiger partial charge is 0.481 e. The Balaban J connectivity index is 2.06. The van der Waals surface area contributed by atoms with E-state index < -0.39 is 5.97 Å². The lowest BCUT2D eigenvalue weighted by molar-refractivity contribution is -0.136. The molecule has 0 saturated heterocycles. The van der Waals surface area contributed by atoms with Crippen molar-refractivity contribution >= 4 is 11.9 Å². The molecule has 0 aliphatic rings. The van der Waals surface area contributed by atoms with E-state index in [0.717, 1.165) is 5.56 Å². The molecular formula is C14H15N3O3. The molecular weight excluding hydrogens is 258 g/mol. The Morgan fingerprint density at radius 2 is 2.00 bits per heavy atom. The topological polar surface area (TPSA) is 84.2 Å². The zero-order valence-electron chi connectivity index (χ0n) is 11.0. The molecule has 0 aliphatic heterocycles. The van der Waals surface area contributed by atoms with E-state index in [0.29, 0.717) is 11.3 Å². The van der Waals surface area contributed by atoms with Gasteiger partial charge in [-0.05, 0) is 11.1 Å². The highest BCUT2D eigenvalue weighted by atomic mass is 16.4. The Morgan fingerprint density at radius 3 is 2.60 bits per heavy atom. The van der Waals surface area contributed by atoms with Crippen molar-refractivity contribution in [2.75, 3.05) is 0 Å². The number of carboxylic acid groups (broad SMARTS) is 1. The van der Waals surface area contributed by atoms with E-state index in [1.165, 1.54) is 6.20 Å². The molecule has 0 spiro atoms. The summed E-state index contributed by atoms with van der Waals surface area (Å²) in [7, 11) is 1.74. The van der Waals surface area contributed by atoms with Crippen molar-refractivity contribution in [3.05, 3.63) is 53.6 Å². The number of rotatable bonds is 5. The van der Waals surface area contributed by atoms with Gasteiger partial charge in [0.2, 0.25) is 0 Å². The summed E-state index contributed by atoms with van der Waals surface area (Å²) in [6, 6.07) is 7.16. The van der Waals surface area contributed by atoms with Crippen LogP contribution in [0.4, 0.5) is 0 Å². The molecule has 0 unspecified atom stereocenters. The maximum absolute atomic E-state index is 11.9. The first-order valence-electron chi connectivity index (χ1n) is 6.11. The Labute approximate surface area is 116 Å². The number of hydrogen-bond acceptors (Lipinski definition) is 3. The number of hydrogen-bond donors (Lipinski definition) is 2. The first-order chi connectivity index (χ1) is 9.58. The highest BCUT2D eigenvalue weighted by Crippen LogP contribution is 2.10. The third-order valence-corrected chi connectivity index (χ3v) is 2.95. The number of carboxylic acids is 1. The number of nitrogens with one attached hydrogen (secondary N) is 1. The van der Waals surface area contributed by atoms with Gasteiger partial charge in [-0.3, -0.25) is 9.59 Å². The summed E-state index contributed by atoms with van der Waals surface area (Å²) in [4.78, 5) is 26.6. The summed E-state index contributed by atoms with van der Waals surface area (Å²) in [6.45, 7) is 0.285. The molecule has 2 aromatic rings. The van der Waals surface area contributed by atoms with Crippen molar-refractivity contribution in [2.24, 2.45) is 7.05 Å². The lowest BCUT2D eigenvalue weighted by Crippen LogP contribution is -2.25. The summed E-state index contributed by atoms with van der Waals surface area (Å²) in [5.74, 6) is -1.13. The van der Waals surface area contributed by atoms with Crippen LogP contribution in [0.15, 0.2) is 36.8 Å². The standard InChI is InChI=1S/C14H15N3O3/c1-17-9-15-8-12(17)14(20)16-7-11-5-3-2-4-10(11)6-13(18)19/h2-5,8-9H,6-7H2,1H3,(H,16,20)(H,18,19). The fraction of sp³-hybridized carbons (Fsp3) is 0.214. The molecule has 1 heterocycles. The van der Waals surface area contributed by atoms with Gasteiger partial charge in [0.05, 0.1) is 18.9 Å². The smallest absolute Gasteiger partial charge is 0.307 e. The number of carbonyl (C=O) groups is 2. The second-order valence-electron chi connectivity index (χ2n) is 4.41. The van der Waals surface area contributed by atoms with E-state index in [4.69, 9.17) is 5.11 Å². The lowest BCUT2D eigenvalue weighted by Gasteiger charge is -2.09. The van der Waals surface area contributed by atoms with Gasteiger partial charge < -0.3 is 15.0 Å². The van der Waals surface area contributed by atoms with Crippen LogP contribution in [0, 0.1) is 0 Å². The van der Waals surface area contributed by atoms with Gasteiger partial charge >= 0.3 is 5.97 Å². The molecule has 0 atom stereocenters. The molecule has 6 nitrogen and oxygen atoms in total. The third-order valence-electron chi connectivity index (χ3n) is 2.95. The van der Waals surface area contributed by atoms with Gasteiger partial charge in [-0.15, -0.1) is 0 Å². The molecule has 1 aromatic heterocycles. The number of carbonyl (C=O) groups excluding carboxylic acids is 1. The Morgan fingerprint density at radius 1 is 1.30 bits per heavy atom. The zero-order chi connectivity index (χ0) is 14.5. The summed E-state index contributed by atoms with van der Waals surface area (Å²) in [5, 5.41) is 11.6. The van der Waals surface area contributed by atoms with Gasteiger partial charge in [0.15, 0.2) is 0 Å². The first-order valence-corrected chi connectivity index (χ1v) is 6.11. The average molecular weight is 273 g/mol.